The number of carbonyl (C=O) groups excluding carboxylic acids is 2. The molecule has 0 aliphatic carbocycles. The van der Waals surface area contributed by atoms with Crippen LogP contribution >= 0.6 is 23.2 Å². The van der Waals surface area contributed by atoms with Crippen molar-refractivity contribution in [2.45, 2.75) is 19.8 Å². The Labute approximate surface area is 104 Å². The Hall–Kier alpha value is -1.06. The van der Waals surface area contributed by atoms with E-state index >= 15 is 0 Å². The molecular formula is C11H11Cl2NO2. The zero-order valence-corrected chi connectivity index (χ0v) is 10.2. The number of anilines is 1. The molecule has 5 heteroatoms. The average Bonchev–Trinajstić information content (AvgIpc) is 2.19. The first-order valence-corrected chi connectivity index (χ1v) is 5.49. The molecule has 0 unspecified atom stereocenters. The van der Waals surface area contributed by atoms with Gasteiger partial charge < -0.3 is 10.1 Å². The number of ketones is 1. The monoisotopic (exact) mass is 259 g/mol. The van der Waals surface area contributed by atoms with Crippen LogP contribution in [0, 0.1) is 0 Å². The molecule has 0 aliphatic rings. The molecule has 1 amide bonds. The van der Waals surface area contributed by atoms with Gasteiger partial charge in [0, 0.05) is 17.9 Å². The lowest BCUT2D eigenvalue weighted by atomic mass is 10.2. The third-order valence-electron chi connectivity index (χ3n) is 1.91. The third-order valence-corrected chi connectivity index (χ3v) is 2.46. The minimum absolute atomic E-state index is 0.0163. The normalized spacial score (nSPS) is 9.94. The fourth-order valence-corrected chi connectivity index (χ4v) is 1.55. The number of benzene rings is 1. The lowest BCUT2D eigenvalue weighted by molar-refractivity contribution is -0.121. The number of amides is 1. The number of hydrogen-bond donors (Lipinski definition) is 1. The molecule has 1 aromatic carbocycles. The maximum atomic E-state index is 11.4. The standard InChI is InChI=1S/C11H11Cl2NO2/c1-7(15)2-5-11(16)14-10-4-3-8(12)6-9(10)13/h3-4,6H,2,5H2,1H3,(H,14,16). The van der Waals surface area contributed by atoms with Crippen molar-refractivity contribution in [2.24, 2.45) is 0 Å². The zero-order chi connectivity index (χ0) is 12.1. The van der Waals surface area contributed by atoms with Crippen molar-refractivity contribution in [3.63, 3.8) is 0 Å². The summed E-state index contributed by atoms with van der Waals surface area (Å²) >= 11 is 11.6. The van der Waals surface area contributed by atoms with Crippen molar-refractivity contribution in [2.75, 3.05) is 5.32 Å². The molecule has 3 nitrogen and oxygen atoms in total. The van der Waals surface area contributed by atoms with Crippen LogP contribution in [0.3, 0.4) is 0 Å². The van der Waals surface area contributed by atoms with Crippen LogP contribution in [0.2, 0.25) is 10.0 Å². The Morgan fingerprint density at radius 3 is 2.50 bits per heavy atom. The van der Waals surface area contributed by atoms with Gasteiger partial charge in [0.2, 0.25) is 5.91 Å². The van der Waals surface area contributed by atoms with Crippen LogP contribution in [-0.2, 0) is 9.59 Å². The molecule has 0 saturated carbocycles. The molecule has 0 bridgehead atoms. The molecule has 16 heavy (non-hydrogen) atoms. The fourth-order valence-electron chi connectivity index (χ4n) is 1.09. The third kappa shape index (κ3) is 4.21. The number of Topliss-reactive ketones (excluding diaryl/α,β-unsaturated/α-hetero) is 1. The predicted octanol–water partition coefficient (Wildman–Crippen LogP) is 3.30. The Kier molecular flexibility index (Phi) is 4.77. The smallest absolute Gasteiger partial charge is 0.224 e. The Balaban J connectivity index is 2.59. The minimum atomic E-state index is -0.237. The first-order valence-electron chi connectivity index (χ1n) is 4.73. The summed E-state index contributed by atoms with van der Waals surface area (Å²) in [6.07, 6.45) is 0.394. The lowest BCUT2D eigenvalue weighted by Gasteiger charge is -2.06. The molecule has 0 saturated heterocycles. The van der Waals surface area contributed by atoms with Crippen molar-refractivity contribution < 1.29 is 9.59 Å². The first-order chi connectivity index (χ1) is 7.49. The van der Waals surface area contributed by atoms with Gasteiger partial charge in [-0.2, -0.15) is 0 Å². The summed E-state index contributed by atoms with van der Waals surface area (Å²) in [5, 5.41) is 3.50. The summed E-state index contributed by atoms with van der Waals surface area (Å²) in [5.41, 5.74) is 0.500. The van der Waals surface area contributed by atoms with Crippen molar-refractivity contribution in [1.29, 1.82) is 0 Å². The Morgan fingerprint density at radius 2 is 1.94 bits per heavy atom. The number of hydrogen-bond acceptors (Lipinski definition) is 2. The van der Waals surface area contributed by atoms with Crippen LogP contribution in [0.1, 0.15) is 19.8 Å². The maximum Gasteiger partial charge on any atom is 0.224 e. The van der Waals surface area contributed by atoms with E-state index in [4.69, 9.17) is 23.2 Å². The average molecular weight is 260 g/mol. The summed E-state index contributed by atoms with van der Waals surface area (Å²) < 4.78 is 0. The second kappa shape index (κ2) is 5.87. The summed E-state index contributed by atoms with van der Waals surface area (Å²) in [4.78, 5) is 22.1. The van der Waals surface area contributed by atoms with E-state index in [-0.39, 0.29) is 24.5 Å². The molecule has 0 heterocycles. The maximum absolute atomic E-state index is 11.4. The molecule has 0 atom stereocenters. The lowest BCUT2D eigenvalue weighted by Crippen LogP contribution is -2.12. The number of halogens is 2. The van der Waals surface area contributed by atoms with Crippen LogP contribution in [-0.4, -0.2) is 11.7 Å². The van der Waals surface area contributed by atoms with Gasteiger partial charge >= 0.3 is 0 Å². The van der Waals surface area contributed by atoms with Gasteiger partial charge in [0.15, 0.2) is 0 Å². The second-order valence-electron chi connectivity index (χ2n) is 3.37. The van der Waals surface area contributed by atoms with Crippen LogP contribution in [0.25, 0.3) is 0 Å². The van der Waals surface area contributed by atoms with Crippen molar-refractivity contribution in [3.05, 3.63) is 28.2 Å². The van der Waals surface area contributed by atoms with E-state index < -0.39 is 0 Å². The van der Waals surface area contributed by atoms with E-state index in [0.29, 0.717) is 15.7 Å². The molecule has 1 aromatic rings. The zero-order valence-electron chi connectivity index (χ0n) is 8.72. The SMILES string of the molecule is CC(=O)CCC(=O)Nc1ccc(Cl)cc1Cl. The van der Waals surface area contributed by atoms with Crippen LogP contribution in [0.5, 0.6) is 0 Å². The van der Waals surface area contributed by atoms with Gasteiger partial charge in [0.25, 0.3) is 0 Å². The topological polar surface area (TPSA) is 46.2 Å². The summed E-state index contributed by atoms with van der Waals surface area (Å²) in [5.74, 6) is -0.253. The molecule has 0 aliphatic heterocycles. The molecule has 1 rings (SSSR count). The molecule has 0 radical (unpaired) electrons. The quantitative estimate of drug-likeness (QED) is 0.902. The van der Waals surface area contributed by atoms with E-state index in [1.54, 1.807) is 18.2 Å². The summed E-state index contributed by atoms with van der Waals surface area (Å²) in [6.45, 7) is 1.45. The summed E-state index contributed by atoms with van der Waals surface area (Å²) in [6, 6.07) is 4.80. The number of nitrogens with one attached hydrogen (secondary N) is 1. The second-order valence-corrected chi connectivity index (χ2v) is 4.22. The Bertz CT molecular complexity index is 418. The molecule has 0 fully saturated rings. The summed E-state index contributed by atoms with van der Waals surface area (Å²) in [7, 11) is 0. The van der Waals surface area contributed by atoms with Gasteiger partial charge in [-0.05, 0) is 25.1 Å². The van der Waals surface area contributed by atoms with Gasteiger partial charge in [-0.1, -0.05) is 23.2 Å². The van der Waals surface area contributed by atoms with Crippen LogP contribution < -0.4 is 5.32 Å². The van der Waals surface area contributed by atoms with E-state index in [2.05, 4.69) is 5.32 Å². The van der Waals surface area contributed by atoms with Crippen LogP contribution in [0.15, 0.2) is 18.2 Å². The highest BCUT2D eigenvalue weighted by Crippen LogP contribution is 2.25. The van der Waals surface area contributed by atoms with Crippen molar-refractivity contribution in [3.8, 4) is 0 Å². The van der Waals surface area contributed by atoms with Gasteiger partial charge in [0.1, 0.15) is 5.78 Å². The van der Waals surface area contributed by atoms with Crippen LogP contribution in [0.4, 0.5) is 5.69 Å². The molecule has 0 spiro atoms. The highest BCUT2D eigenvalue weighted by molar-refractivity contribution is 6.36. The molecular weight excluding hydrogens is 249 g/mol. The van der Waals surface area contributed by atoms with Gasteiger partial charge in [-0.25, -0.2) is 0 Å². The highest BCUT2D eigenvalue weighted by Gasteiger charge is 2.07. The van der Waals surface area contributed by atoms with Gasteiger partial charge in [-0.3, -0.25) is 4.79 Å². The van der Waals surface area contributed by atoms with Gasteiger partial charge in [-0.15, -0.1) is 0 Å². The van der Waals surface area contributed by atoms with E-state index in [9.17, 15) is 9.59 Å². The van der Waals surface area contributed by atoms with E-state index in [1.807, 2.05) is 0 Å². The van der Waals surface area contributed by atoms with Gasteiger partial charge in [0.05, 0.1) is 10.7 Å². The van der Waals surface area contributed by atoms with E-state index in [0.717, 1.165) is 0 Å². The highest BCUT2D eigenvalue weighted by atomic mass is 35.5. The number of carbonyl (C=O) groups is 2. The van der Waals surface area contributed by atoms with Crippen molar-refractivity contribution >= 4 is 40.6 Å². The molecule has 0 aromatic heterocycles. The minimum Gasteiger partial charge on any atom is -0.325 e. The fraction of sp³-hybridized carbons (Fsp3) is 0.273. The predicted molar refractivity (Wildman–Crippen MR) is 65.0 cm³/mol. The number of rotatable bonds is 4. The van der Waals surface area contributed by atoms with E-state index in [1.165, 1.54) is 6.92 Å². The first kappa shape index (κ1) is 13.0. The van der Waals surface area contributed by atoms with Crippen molar-refractivity contribution in [1.82, 2.24) is 0 Å². The molecule has 1 N–H and O–H groups in total. The largest absolute Gasteiger partial charge is 0.325 e. The Morgan fingerprint density at radius 1 is 1.25 bits per heavy atom. The molecule has 86 valence electrons.